The molecule has 0 saturated carbocycles. The third-order valence-electron chi connectivity index (χ3n) is 1.41. The number of phenolic OH excluding ortho intramolecular Hbond substituents is 1. The van der Waals surface area contributed by atoms with Gasteiger partial charge in [-0.2, -0.15) is 0 Å². The average Bonchev–Trinajstić information content (AvgIpc) is 2.15. The summed E-state index contributed by atoms with van der Waals surface area (Å²) >= 11 is 0. The Morgan fingerprint density at radius 3 is 1.29 bits per heavy atom. The van der Waals surface area contributed by atoms with E-state index in [0.29, 0.717) is 0 Å². The molecular weight excluding hydrogens is 236 g/mol. The number of benzene rings is 1. The fraction of sp³-hybridized carbons (Fsp3) is 0. The van der Waals surface area contributed by atoms with Gasteiger partial charge in [0, 0.05) is 0 Å². The molecule has 8 heteroatoms. The van der Waals surface area contributed by atoms with Gasteiger partial charge < -0.3 is 25.5 Å². The summed E-state index contributed by atoms with van der Waals surface area (Å²) in [5.74, 6) is -2.94. The molecule has 0 saturated heterocycles. The van der Waals surface area contributed by atoms with Crippen molar-refractivity contribution >= 4 is 18.1 Å². The van der Waals surface area contributed by atoms with Crippen molar-refractivity contribution in [1.29, 1.82) is 0 Å². The van der Waals surface area contributed by atoms with Crippen LogP contribution in [0.2, 0.25) is 0 Å². The quantitative estimate of drug-likeness (QED) is 0.516. The zero-order chi connectivity index (χ0) is 13.6. The maximum absolute atomic E-state index is 10.4. The normalized spacial score (nSPS) is 8.71. The second-order valence-corrected chi connectivity index (χ2v) is 2.66. The van der Waals surface area contributed by atoms with E-state index in [0.717, 1.165) is 18.2 Å². The Bertz CT molecular complexity index is 414. The molecule has 0 bridgehead atoms. The lowest BCUT2D eigenvalue weighted by Crippen LogP contribution is -2.01. The smallest absolute Gasteiger partial charge is 0.503 e. The summed E-state index contributed by atoms with van der Waals surface area (Å²) in [7, 11) is 0. The van der Waals surface area contributed by atoms with Gasteiger partial charge in [0.2, 0.25) is 0 Å². The van der Waals surface area contributed by atoms with Crippen molar-refractivity contribution in [1.82, 2.24) is 0 Å². The lowest BCUT2D eigenvalue weighted by Gasteiger charge is -1.98. The molecule has 0 aliphatic rings. The van der Waals surface area contributed by atoms with Crippen molar-refractivity contribution < 1.29 is 39.9 Å². The molecule has 0 radical (unpaired) electrons. The first-order chi connectivity index (χ1) is 7.73. The van der Waals surface area contributed by atoms with Gasteiger partial charge >= 0.3 is 18.1 Å². The summed E-state index contributed by atoms with van der Waals surface area (Å²) in [6, 6.07) is 2.94. The molecule has 5 N–H and O–H groups in total. The first-order valence-electron chi connectivity index (χ1n) is 3.96. The molecule has 1 rings (SSSR count). The summed E-state index contributed by atoms with van der Waals surface area (Å²) in [5, 5.41) is 39.9. The molecule has 0 unspecified atom stereocenters. The minimum absolute atomic E-state index is 0.252. The van der Waals surface area contributed by atoms with Crippen molar-refractivity contribution in [2.45, 2.75) is 0 Å². The van der Waals surface area contributed by atoms with E-state index in [1.165, 1.54) is 0 Å². The summed E-state index contributed by atoms with van der Waals surface area (Å²) < 4.78 is 0. The number of carbonyl (C=O) groups is 3. The number of aromatic carboxylic acids is 2. The highest BCUT2D eigenvalue weighted by molar-refractivity contribution is 5.94. The van der Waals surface area contributed by atoms with Gasteiger partial charge in [0.15, 0.2) is 0 Å². The molecule has 92 valence electrons. The first kappa shape index (κ1) is 14.2. The van der Waals surface area contributed by atoms with Crippen molar-refractivity contribution in [2.24, 2.45) is 0 Å². The molecule has 0 amide bonds. The summed E-state index contributed by atoms with van der Waals surface area (Å²) in [5.41, 5.74) is -0.505. The predicted molar refractivity (Wildman–Crippen MR) is 52.7 cm³/mol. The Morgan fingerprint density at radius 1 is 0.765 bits per heavy atom. The van der Waals surface area contributed by atoms with Crippen LogP contribution >= 0.6 is 0 Å². The third-order valence-corrected chi connectivity index (χ3v) is 1.41. The SMILES string of the molecule is O=C(O)O.O=C(O)c1cc(O)cc(C(=O)O)c1. The van der Waals surface area contributed by atoms with E-state index >= 15 is 0 Å². The molecule has 0 heterocycles. The first-order valence-corrected chi connectivity index (χ1v) is 3.96. The van der Waals surface area contributed by atoms with Crippen LogP contribution < -0.4 is 0 Å². The highest BCUT2D eigenvalue weighted by Crippen LogP contribution is 2.15. The van der Waals surface area contributed by atoms with Crippen molar-refractivity contribution in [3.8, 4) is 5.75 Å². The number of phenols is 1. The fourth-order valence-corrected chi connectivity index (χ4v) is 0.858. The molecule has 0 spiro atoms. The predicted octanol–water partition coefficient (Wildman–Crippen LogP) is 1.01. The van der Waals surface area contributed by atoms with Crippen LogP contribution in [0.3, 0.4) is 0 Å². The summed E-state index contributed by atoms with van der Waals surface area (Å²) in [6.07, 6.45) is -1.83. The van der Waals surface area contributed by atoms with E-state index < -0.39 is 18.1 Å². The molecule has 0 aliphatic carbocycles. The van der Waals surface area contributed by atoms with Gasteiger partial charge in [-0.05, 0) is 18.2 Å². The molecule has 1 aromatic carbocycles. The molecule has 0 aromatic heterocycles. The zero-order valence-corrected chi connectivity index (χ0v) is 8.19. The lowest BCUT2D eigenvalue weighted by atomic mass is 10.1. The Labute approximate surface area is 94.0 Å². The van der Waals surface area contributed by atoms with Gasteiger partial charge in [0.1, 0.15) is 5.75 Å². The highest BCUT2D eigenvalue weighted by Gasteiger charge is 2.10. The van der Waals surface area contributed by atoms with Crippen LogP contribution in [0.25, 0.3) is 0 Å². The largest absolute Gasteiger partial charge is 0.508 e. The van der Waals surface area contributed by atoms with Crippen LogP contribution in [0.4, 0.5) is 4.79 Å². The summed E-state index contributed by atoms with van der Waals surface area (Å²) in [4.78, 5) is 29.4. The molecule has 1 aromatic rings. The van der Waals surface area contributed by atoms with Crippen molar-refractivity contribution in [3.05, 3.63) is 29.3 Å². The van der Waals surface area contributed by atoms with Gasteiger partial charge in [0.05, 0.1) is 11.1 Å². The number of carboxylic acids is 2. The van der Waals surface area contributed by atoms with Crippen LogP contribution in [0.1, 0.15) is 20.7 Å². The standard InChI is InChI=1S/C8H6O5.CH2O3/c9-6-2-4(7(10)11)1-5(3-6)8(12)13;2-1(3)4/h1-3,9H,(H,10,11)(H,12,13);(H2,2,3,4). The Balaban J connectivity index is 0.000000557. The van der Waals surface area contributed by atoms with E-state index in [1.54, 1.807) is 0 Å². The molecule has 0 fully saturated rings. The second kappa shape index (κ2) is 5.95. The zero-order valence-electron chi connectivity index (χ0n) is 8.19. The fourth-order valence-electron chi connectivity index (χ4n) is 0.858. The number of hydrogen-bond acceptors (Lipinski definition) is 4. The van der Waals surface area contributed by atoms with E-state index in [1.807, 2.05) is 0 Å². The maximum atomic E-state index is 10.4. The van der Waals surface area contributed by atoms with Gasteiger partial charge in [-0.15, -0.1) is 0 Å². The topological polar surface area (TPSA) is 152 Å². The van der Waals surface area contributed by atoms with Crippen molar-refractivity contribution in [3.63, 3.8) is 0 Å². The van der Waals surface area contributed by atoms with Crippen LogP contribution in [0, 0.1) is 0 Å². The van der Waals surface area contributed by atoms with Gasteiger partial charge in [-0.1, -0.05) is 0 Å². The van der Waals surface area contributed by atoms with Crippen LogP contribution in [0.15, 0.2) is 18.2 Å². The Kier molecular flexibility index (Phi) is 4.98. The average molecular weight is 244 g/mol. The minimum atomic E-state index is -1.83. The molecule has 17 heavy (non-hydrogen) atoms. The van der Waals surface area contributed by atoms with Gasteiger partial charge in [-0.25, -0.2) is 14.4 Å². The lowest BCUT2D eigenvalue weighted by molar-refractivity contribution is 0.0696. The van der Waals surface area contributed by atoms with Crippen LogP contribution in [-0.4, -0.2) is 43.6 Å². The molecular formula is C9H8O8. The van der Waals surface area contributed by atoms with Crippen molar-refractivity contribution in [2.75, 3.05) is 0 Å². The number of hydrogen-bond donors (Lipinski definition) is 5. The minimum Gasteiger partial charge on any atom is -0.508 e. The summed E-state index contributed by atoms with van der Waals surface area (Å²) in [6.45, 7) is 0. The third kappa shape index (κ3) is 5.62. The van der Waals surface area contributed by atoms with E-state index in [2.05, 4.69) is 0 Å². The van der Waals surface area contributed by atoms with E-state index in [4.69, 9.17) is 30.3 Å². The Hall–Kier alpha value is -2.77. The van der Waals surface area contributed by atoms with Gasteiger partial charge in [0.25, 0.3) is 0 Å². The molecule has 0 aliphatic heterocycles. The van der Waals surface area contributed by atoms with Crippen LogP contribution in [0.5, 0.6) is 5.75 Å². The second-order valence-electron chi connectivity index (χ2n) is 2.66. The van der Waals surface area contributed by atoms with E-state index in [-0.39, 0.29) is 16.9 Å². The Morgan fingerprint density at radius 2 is 1.06 bits per heavy atom. The van der Waals surface area contributed by atoms with Gasteiger partial charge in [-0.3, -0.25) is 0 Å². The number of carboxylic acid groups (broad SMARTS) is 4. The monoisotopic (exact) mass is 244 g/mol. The van der Waals surface area contributed by atoms with Crippen LogP contribution in [-0.2, 0) is 0 Å². The maximum Gasteiger partial charge on any atom is 0.503 e. The number of aromatic hydroxyl groups is 1. The highest BCUT2D eigenvalue weighted by atomic mass is 16.6. The van der Waals surface area contributed by atoms with E-state index in [9.17, 15) is 9.59 Å². The number of rotatable bonds is 2. The molecule has 0 atom stereocenters. The molecule has 8 nitrogen and oxygen atoms in total.